The Hall–Kier alpha value is -1.76. The van der Waals surface area contributed by atoms with E-state index in [0.29, 0.717) is 0 Å². The summed E-state index contributed by atoms with van der Waals surface area (Å²) in [5, 5.41) is 50.2. The van der Waals surface area contributed by atoms with Crippen LogP contribution in [0.1, 0.15) is 0 Å². The van der Waals surface area contributed by atoms with Crippen LogP contribution in [0.4, 0.5) is 17.3 Å². The molecule has 1 aromatic heterocycles. The molecule has 1 fully saturated rings. The second-order valence-corrected chi connectivity index (χ2v) is 4.13. The van der Waals surface area contributed by atoms with E-state index in [-0.39, 0.29) is 11.6 Å². The fourth-order valence-electron chi connectivity index (χ4n) is 1.84. The lowest BCUT2D eigenvalue weighted by Gasteiger charge is -2.26. The van der Waals surface area contributed by atoms with Crippen molar-refractivity contribution in [1.29, 1.82) is 0 Å². The minimum absolute atomic E-state index is 0.190. The first-order valence-corrected chi connectivity index (χ1v) is 5.61. The topological polar surface area (TPSA) is 180 Å². The minimum Gasteiger partial charge on any atom is -0.733 e. The first-order chi connectivity index (χ1) is 9.45. The predicted octanol–water partition coefficient (Wildman–Crippen LogP) is -2.40. The number of hydrogen-bond donors (Lipinski definition) is 6. The third-order valence-corrected chi connectivity index (χ3v) is 2.86. The molecule has 20 heavy (non-hydrogen) atoms. The summed E-state index contributed by atoms with van der Waals surface area (Å²) < 4.78 is 5.15. The molecule has 2 heterocycles. The molecule has 1 saturated heterocycles. The van der Waals surface area contributed by atoms with E-state index in [4.69, 9.17) is 20.8 Å². The van der Waals surface area contributed by atoms with Gasteiger partial charge in [-0.25, -0.2) is 9.97 Å². The molecule has 0 saturated carbocycles. The Balaban J connectivity index is 2.21. The molecule has 2 rings (SSSR count). The number of nitrogens with one attached hydrogen (secondary N) is 1. The van der Waals surface area contributed by atoms with Gasteiger partial charge in [-0.15, -0.1) is 0 Å². The maximum absolute atomic E-state index is 11.0. The van der Waals surface area contributed by atoms with Crippen molar-refractivity contribution in [1.82, 2.24) is 9.97 Å². The van der Waals surface area contributed by atoms with Crippen LogP contribution in [-0.2, 0) is 4.74 Å². The van der Waals surface area contributed by atoms with Crippen LogP contribution in [0.15, 0.2) is 6.33 Å². The number of anilines is 3. The Morgan fingerprint density at radius 2 is 2.10 bits per heavy atom. The normalized spacial score (nSPS) is 29.4. The van der Waals surface area contributed by atoms with Gasteiger partial charge in [-0.2, -0.15) is 0 Å². The zero-order chi connectivity index (χ0) is 14.9. The van der Waals surface area contributed by atoms with Gasteiger partial charge in [0.2, 0.25) is 0 Å². The molecule has 11 heteroatoms. The van der Waals surface area contributed by atoms with Gasteiger partial charge in [0.25, 0.3) is 0 Å². The molecule has 1 aromatic rings. The first-order valence-electron chi connectivity index (χ1n) is 5.61. The van der Waals surface area contributed by atoms with Crippen molar-refractivity contribution in [2.24, 2.45) is 0 Å². The van der Waals surface area contributed by atoms with Crippen molar-refractivity contribution in [2.75, 3.05) is 22.9 Å². The van der Waals surface area contributed by atoms with Crippen LogP contribution in [-0.4, -0.2) is 61.6 Å². The fraction of sp³-hybridized carbons (Fsp3) is 0.556. The summed E-state index contributed by atoms with van der Waals surface area (Å²) in [6.45, 7) is -0.497. The van der Waals surface area contributed by atoms with Gasteiger partial charge in [-0.1, -0.05) is 0 Å². The van der Waals surface area contributed by atoms with Crippen molar-refractivity contribution >= 4 is 17.3 Å². The number of rotatable bonds is 4. The standard InChI is InChI=1S/C9H14N5O6/c10-7-4(14(18)19)8(12-2-11-7)13-9-6(17)5(16)3(1-15)20-9/h2-3,5-6,9,15-18H,1H2,(H3,10,11,12,13)/q-1/t3-,5-,6-,9-/m1/s1. The van der Waals surface area contributed by atoms with E-state index in [9.17, 15) is 15.4 Å². The third-order valence-electron chi connectivity index (χ3n) is 2.86. The van der Waals surface area contributed by atoms with Crippen LogP contribution in [0.5, 0.6) is 0 Å². The van der Waals surface area contributed by atoms with Crippen LogP contribution in [0.25, 0.3) is 0 Å². The van der Waals surface area contributed by atoms with E-state index in [1.54, 1.807) is 0 Å². The Bertz CT molecular complexity index is 474. The fourth-order valence-corrected chi connectivity index (χ4v) is 1.84. The van der Waals surface area contributed by atoms with Crippen LogP contribution in [0.3, 0.4) is 0 Å². The second-order valence-electron chi connectivity index (χ2n) is 4.13. The highest BCUT2D eigenvalue weighted by Crippen LogP contribution is 2.30. The molecule has 0 spiro atoms. The molecule has 0 bridgehead atoms. The lowest BCUT2D eigenvalue weighted by Crippen LogP contribution is -2.37. The average molecular weight is 288 g/mol. The molecule has 7 N–H and O–H groups in total. The number of aliphatic hydroxyl groups is 3. The SMILES string of the molecule is Nc1ncnc(N[C@@H]2O[C@H](CO)[C@@H](O)[C@H]2O)c1N([O-])O. The van der Waals surface area contributed by atoms with E-state index in [1.807, 2.05) is 0 Å². The number of aromatic nitrogens is 2. The number of nitrogen functional groups attached to an aromatic ring is 1. The maximum Gasteiger partial charge on any atom is 0.158 e. The molecule has 0 radical (unpaired) electrons. The van der Waals surface area contributed by atoms with Gasteiger partial charge >= 0.3 is 0 Å². The number of aliphatic hydroxyl groups excluding tert-OH is 3. The van der Waals surface area contributed by atoms with E-state index in [0.717, 1.165) is 6.33 Å². The van der Waals surface area contributed by atoms with E-state index < -0.39 is 42.1 Å². The Morgan fingerprint density at radius 1 is 1.40 bits per heavy atom. The monoisotopic (exact) mass is 288 g/mol. The van der Waals surface area contributed by atoms with Gasteiger partial charge in [-0.3, -0.25) is 5.21 Å². The smallest absolute Gasteiger partial charge is 0.158 e. The van der Waals surface area contributed by atoms with Crippen LogP contribution in [0.2, 0.25) is 0 Å². The Morgan fingerprint density at radius 3 is 2.65 bits per heavy atom. The number of nitrogens with zero attached hydrogens (tertiary/aromatic N) is 3. The average Bonchev–Trinajstić information content (AvgIpc) is 2.66. The Kier molecular flexibility index (Phi) is 4.17. The van der Waals surface area contributed by atoms with Crippen LogP contribution < -0.4 is 16.3 Å². The Labute approximate surface area is 112 Å². The van der Waals surface area contributed by atoms with Crippen molar-refractivity contribution in [3.05, 3.63) is 11.5 Å². The third kappa shape index (κ3) is 2.58. The quantitative estimate of drug-likeness (QED) is 0.325. The molecule has 1 aliphatic heterocycles. The van der Waals surface area contributed by atoms with Crippen LogP contribution in [0, 0.1) is 5.21 Å². The van der Waals surface area contributed by atoms with Crippen molar-refractivity contribution in [3.8, 4) is 0 Å². The molecule has 0 aliphatic carbocycles. The van der Waals surface area contributed by atoms with E-state index >= 15 is 0 Å². The zero-order valence-electron chi connectivity index (χ0n) is 10.1. The highest BCUT2D eigenvalue weighted by Gasteiger charge is 2.42. The zero-order valence-corrected chi connectivity index (χ0v) is 10.1. The number of nitrogens with two attached hydrogens (primary N) is 1. The molecular weight excluding hydrogens is 274 g/mol. The van der Waals surface area contributed by atoms with Gasteiger partial charge in [0, 0.05) is 0 Å². The van der Waals surface area contributed by atoms with Gasteiger partial charge in [0.1, 0.15) is 30.3 Å². The molecule has 0 amide bonds. The number of hydrogen-bond acceptors (Lipinski definition) is 11. The molecule has 11 nitrogen and oxygen atoms in total. The predicted molar refractivity (Wildman–Crippen MR) is 65.5 cm³/mol. The van der Waals surface area contributed by atoms with Gasteiger partial charge in [0.05, 0.1) is 6.61 Å². The molecule has 0 unspecified atom stereocenters. The summed E-state index contributed by atoms with van der Waals surface area (Å²) in [6.07, 6.45) is -3.77. The highest BCUT2D eigenvalue weighted by molar-refractivity contribution is 5.75. The maximum atomic E-state index is 11.0. The second kappa shape index (κ2) is 5.70. The lowest BCUT2D eigenvalue weighted by atomic mass is 10.1. The summed E-state index contributed by atoms with van der Waals surface area (Å²) in [5.74, 6) is -0.475. The molecule has 0 aromatic carbocycles. The number of ether oxygens (including phenoxy) is 1. The van der Waals surface area contributed by atoms with Crippen molar-refractivity contribution in [3.63, 3.8) is 0 Å². The summed E-state index contributed by atoms with van der Waals surface area (Å²) >= 11 is 0. The molecule has 4 atom stereocenters. The molecular formula is C9H14N5O6-. The van der Waals surface area contributed by atoms with Gasteiger partial charge in [-0.05, 0) is 0 Å². The summed E-state index contributed by atoms with van der Waals surface area (Å²) in [4.78, 5) is 7.23. The van der Waals surface area contributed by atoms with Crippen molar-refractivity contribution in [2.45, 2.75) is 24.5 Å². The molecule has 112 valence electrons. The minimum atomic E-state index is -1.37. The van der Waals surface area contributed by atoms with Gasteiger partial charge in [0.15, 0.2) is 17.9 Å². The van der Waals surface area contributed by atoms with Crippen molar-refractivity contribution < 1.29 is 25.3 Å². The van der Waals surface area contributed by atoms with Crippen LogP contribution >= 0.6 is 0 Å². The largest absolute Gasteiger partial charge is 0.733 e. The van der Waals surface area contributed by atoms with Gasteiger partial charge < -0.3 is 41.5 Å². The highest BCUT2D eigenvalue weighted by atomic mass is 16.8. The first kappa shape index (κ1) is 14.6. The van der Waals surface area contributed by atoms with E-state index in [2.05, 4.69) is 15.3 Å². The van der Waals surface area contributed by atoms with E-state index in [1.165, 1.54) is 0 Å². The molecule has 1 aliphatic rings. The lowest BCUT2D eigenvalue weighted by molar-refractivity contribution is -0.0154. The summed E-state index contributed by atoms with van der Waals surface area (Å²) in [5.41, 5.74) is 4.97. The summed E-state index contributed by atoms with van der Waals surface area (Å²) in [6, 6.07) is 0. The summed E-state index contributed by atoms with van der Waals surface area (Å²) in [7, 11) is 0.